The van der Waals surface area contributed by atoms with E-state index < -0.39 is 15.8 Å². The van der Waals surface area contributed by atoms with Crippen molar-refractivity contribution in [1.82, 2.24) is 0 Å². The highest BCUT2D eigenvalue weighted by Crippen LogP contribution is 2.31. The van der Waals surface area contributed by atoms with Gasteiger partial charge in [-0.1, -0.05) is 0 Å². The predicted molar refractivity (Wildman–Crippen MR) is 89.0 cm³/mol. The normalized spacial score (nSPS) is 11.6. The smallest absolute Gasteiger partial charge is 0.262 e. The summed E-state index contributed by atoms with van der Waals surface area (Å²) >= 11 is 0. The summed E-state index contributed by atoms with van der Waals surface area (Å²) in [6.45, 7) is 9.19. The van der Waals surface area contributed by atoms with Gasteiger partial charge in [0.15, 0.2) is 5.82 Å². The fourth-order valence-electron chi connectivity index (χ4n) is 2.65. The molecule has 4 nitrogen and oxygen atoms in total. The first-order chi connectivity index (χ1) is 10.6. The minimum atomic E-state index is -3.94. The third kappa shape index (κ3) is 3.03. The monoisotopic (exact) mass is 337 g/mol. The third-order valence-electron chi connectivity index (χ3n) is 4.40. The van der Waals surface area contributed by atoms with Gasteiger partial charge in [-0.3, -0.25) is 4.72 Å². The van der Waals surface area contributed by atoms with Crippen LogP contribution in [0.2, 0.25) is 0 Å². The Morgan fingerprint density at radius 1 is 0.913 bits per heavy atom. The highest BCUT2D eigenvalue weighted by molar-refractivity contribution is 7.92. The van der Waals surface area contributed by atoms with Gasteiger partial charge in [0.1, 0.15) is 5.75 Å². The lowest BCUT2D eigenvalue weighted by Gasteiger charge is -2.19. The van der Waals surface area contributed by atoms with E-state index in [0.717, 1.165) is 22.8 Å². The summed E-state index contributed by atoms with van der Waals surface area (Å²) in [6, 6.07) is 3.29. The quantitative estimate of drug-likeness (QED) is 0.836. The molecule has 0 amide bonds. The van der Waals surface area contributed by atoms with Crippen molar-refractivity contribution in [1.29, 1.82) is 0 Å². The number of rotatable bonds is 3. The van der Waals surface area contributed by atoms with E-state index in [1.54, 1.807) is 13.8 Å². The molecule has 6 heteroatoms. The molecule has 124 valence electrons. The zero-order chi connectivity index (χ0) is 17.5. The number of nitrogens with one attached hydrogen (secondary N) is 1. The third-order valence-corrected chi connectivity index (χ3v) is 6.04. The number of halogens is 1. The van der Waals surface area contributed by atoms with Crippen molar-refractivity contribution in [3.8, 4) is 5.75 Å². The van der Waals surface area contributed by atoms with Crippen LogP contribution in [0.15, 0.2) is 23.1 Å². The molecule has 2 aromatic carbocycles. The summed E-state index contributed by atoms with van der Waals surface area (Å²) in [4.78, 5) is 0.172. The zero-order valence-corrected chi connectivity index (χ0v) is 14.6. The second-order valence-corrected chi connectivity index (χ2v) is 7.34. The van der Waals surface area contributed by atoms with Crippen LogP contribution in [0.4, 0.5) is 10.1 Å². The topological polar surface area (TPSA) is 66.4 Å². The number of phenolic OH excluding ortho intramolecular Hbond substituents is 1. The van der Waals surface area contributed by atoms with Gasteiger partial charge < -0.3 is 5.11 Å². The van der Waals surface area contributed by atoms with E-state index in [1.165, 1.54) is 12.1 Å². The Balaban J connectivity index is 2.61. The van der Waals surface area contributed by atoms with Gasteiger partial charge in [-0.05, 0) is 74.6 Å². The van der Waals surface area contributed by atoms with E-state index in [1.807, 2.05) is 20.8 Å². The zero-order valence-electron chi connectivity index (χ0n) is 13.8. The van der Waals surface area contributed by atoms with Gasteiger partial charge in [-0.2, -0.15) is 0 Å². The number of aromatic hydroxyl groups is 1. The molecule has 2 aromatic rings. The second-order valence-electron chi connectivity index (χ2n) is 5.72. The lowest BCUT2D eigenvalue weighted by Crippen LogP contribution is -2.18. The molecule has 2 rings (SSSR count). The molecule has 0 aliphatic rings. The summed E-state index contributed by atoms with van der Waals surface area (Å²) < 4.78 is 41.6. The highest BCUT2D eigenvalue weighted by Gasteiger charge is 2.24. The number of hydrogen-bond donors (Lipinski definition) is 2. The first kappa shape index (κ1) is 17.3. The standard InChI is InChI=1S/C17H20FNO3S/c1-9-10(2)12(4)17(13(5)11(9)3)23(21,22)19-16-7-6-14(20)8-15(16)18/h6-8,19-20H,1-5H3. The Morgan fingerprint density at radius 2 is 1.39 bits per heavy atom. The van der Waals surface area contributed by atoms with E-state index in [-0.39, 0.29) is 16.3 Å². The summed E-state index contributed by atoms with van der Waals surface area (Å²) in [6.07, 6.45) is 0. The first-order valence-electron chi connectivity index (χ1n) is 7.14. The summed E-state index contributed by atoms with van der Waals surface area (Å²) in [7, 11) is -3.94. The average molecular weight is 337 g/mol. The lowest BCUT2D eigenvalue weighted by atomic mass is 9.95. The maximum absolute atomic E-state index is 13.8. The van der Waals surface area contributed by atoms with E-state index in [9.17, 15) is 17.9 Å². The second kappa shape index (κ2) is 5.85. The molecule has 0 radical (unpaired) electrons. The van der Waals surface area contributed by atoms with Crippen LogP contribution in [-0.2, 0) is 10.0 Å². The molecule has 0 fully saturated rings. The van der Waals surface area contributed by atoms with Gasteiger partial charge in [0.25, 0.3) is 10.0 Å². The van der Waals surface area contributed by atoms with Crippen molar-refractivity contribution in [3.63, 3.8) is 0 Å². The first-order valence-corrected chi connectivity index (χ1v) is 8.63. The van der Waals surface area contributed by atoms with Gasteiger partial charge in [0.05, 0.1) is 10.6 Å². The van der Waals surface area contributed by atoms with E-state index in [4.69, 9.17) is 0 Å². The van der Waals surface area contributed by atoms with Crippen LogP contribution in [0.1, 0.15) is 27.8 Å². The molecule has 0 aliphatic heterocycles. The summed E-state index contributed by atoms with van der Waals surface area (Å²) in [5, 5.41) is 9.23. The Hall–Kier alpha value is -2.08. The SMILES string of the molecule is Cc1c(C)c(C)c(S(=O)(=O)Nc2ccc(O)cc2F)c(C)c1C. The summed E-state index contributed by atoms with van der Waals surface area (Å²) in [5.41, 5.74) is 3.96. The van der Waals surface area contributed by atoms with Crippen molar-refractivity contribution < 1.29 is 17.9 Å². The van der Waals surface area contributed by atoms with Gasteiger partial charge in [-0.15, -0.1) is 0 Å². The van der Waals surface area contributed by atoms with Gasteiger partial charge in [0.2, 0.25) is 0 Å². The van der Waals surface area contributed by atoms with Gasteiger partial charge >= 0.3 is 0 Å². The Morgan fingerprint density at radius 3 is 1.87 bits per heavy atom. The maximum atomic E-state index is 13.8. The number of benzene rings is 2. The fourth-order valence-corrected chi connectivity index (χ4v) is 4.32. The molecule has 0 heterocycles. The highest BCUT2D eigenvalue weighted by atomic mass is 32.2. The minimum absolute atomic E-state index is 0.172. The maximum Gasteiger partial charge on any atom is 0.262 e. The van der Waals surface area contributed by atoms with E-state index in [0.29, 0.717) is 11.1 Å². The van der Waals surface area contributed by atoms with Crippen LogP contribution in [-0.4, -0.2) is 13.5 Å². The van der Waals surface area contributed by atoms with Crippen LogP contribution in [0.5, 0.6) is 5.75 Å². The molecule has 0 atom stereocenters. The number of phenols is 1. The van der Waals surface area contributed by atoms with E-state index >= 15 is 0 Å². The summed E-state index contributed by atoms with van der Waals surface area (Å²) in [5.74, 6) is -1.09. The van der Waals surface area contributed by atoms with Crippen molar-refractivity contribution >= 4 is 15.7 Å². The van der Waals surface area contributed by atoms with Crippen molar-refractivity contribution in [2.24, 2.45) is 0 Å². The molecule has 23 heavy (non-hydrogen) atoms. The molecule has 0 saturated carbocycles. The Bertz CT molecular complexity index is 860. The Kier molecular flexibility index (Phi) is 4.39. The average Bonchev–Trinajstić information content (AvgIpc) is 2.46. The van der Waals surface area contributed by atoms with Gasteiger partial charge in [-0.25, -0.2) is 12.8 Å². The number of hydrogen-bond acceptors (Lipinski definition) is 3. The molecule has 2 N–H and O–H groups in total. The molecule has 0 bridgehead atoms. The largest absolute Gasteiger partial charge is 0.508 e. The molecule has 0 spiro atoms. The molecular weight excluding hydrogens is 317 g/mol. The van der Waals surface area contributed by atoms with Crippen LogP contribution in [0, 0.1) is 40.4 Å². The van der Waals surface area contributed by atoms with Crippen molar-refractivity contribution in [2.45, 2.75) is 39.5 Å². The van der Waals surface area contributed by atoms with Crippen LogP contribution >= 0.6 is 0 Å². The number of sulfonamides is 1. The minimum Gasteiger partial charge on any atom is -0.508 e. The lowest BCUT2D eigenvalue weighted by molar-refractivity contribution is 0.469. The molecule has 0 aliphatic carbocycles. The molecule has 0 saturated heterocycles. The molecular formula is C17H20FNO3S. The molecule has 0 aromatic heterocycles. The predicted octanol–water partition coefficient (Wildman–Crippen LogP) is 3.87. The van der Waals surface area contributed by atoms with E-state index in [2.05, 4.69) is 4.72 Å². The molecule has 0 unspecified atom stereocenters. The van der Waals surface area contributed by atoms with Crippen molar-refractivity contribution in [2.75, 3.05) is 4.72 Å². The van der Waals surface area contributed by atoms with Crippen LogP contribution in [0.3, 0.4) is 0 Å². The van der Waals surface area contributed by atoms with Gasteiger partial charge in [0, 0.05) is 6.07 Å². The van der Waals surface area contributed by atoms with Crippen LogP contribution in [0.25, 0.3) is 0 Å². The van der Waals surface area contributed by atoms with Crippen molar-refractivity contribution in [3.05, 3.63) is 51.8 Å². The Labute approximate surface area is 136 Å². The fraction of sp³-hybridized carbons (Fsp3) is 0.294. The number of anilines is 1. The van der Waals surface area contributed by atoms with Crippen LogP contribution < -0.4 is 4.72 Å².